The maximum absolute atomic E-state index is 11.6. The van der Waals surface area contributed by atoms with Crippen molar-refractivity contribution in [3.8, 4) is 5.75 Å². The Hall–Kier alpha value is -1.51. The Morgan fingerprint density at radius 2 is 2.28 bits per heavy atom. The lowest BCUT2D eigenvalue weighted by molar-refractivity contribution is -0.148. The van der Waals surface area contributed by atoms with Gasteiger partial charge in [-0.05, 0) is 43.0 Å². The number of carboxylic acid groups (broad SMARTS) is 1. The zero-order valence-electron chi connectivity index (χ0n) is 11.2. The lowest BCUT2D eigenvalue weighted by atomic mass is 9.75. The van der Waals surface area contributed by atoms with E-state index in [0.717, 1.165) is 29.7 Å². The predicted octanol–water partition coefficient (Wildman–Crippen LogP) is 3.23. The molecule has 0 saturated heterocycles. The van der Waals surface area contributed by atoms with E-state index in [2.05, 4.69) is 6.92 Å². The van der Waals surface area contributed by atoms with Crippen LogP contribution < -0.4 is 4.74 Å². The van der Waals surface area contributed by atoms with Crippen LogP contribution >= 0.6 is 0 Å². The molecule has 0 aromatic heterocycles. The fourth-order valence-electron chi connectivity index (χ4n) is 3.03. The summed E-state index contributed by atoms with van der Waals surface area (Å²) in [6, 6.07) is 5.92. The number of hydrogen-bond donors (Lipinski definition) is 1. The van der Waals surface area contributed by atoms with Crippen LogP contribution in [0.25, 0.3) is 0 Å². The molecule has 0 fully saturated rings. The molecule has 1 aliphatic carbocycles. The van der Waals surface area contributed by atoms with Crippen LogP contribution in [0.2, 0.25) is 0 Å². The van der Waals surface area contributed by atoms with E-state index in [1.165, 1.54) is 0 Å². The molecule has 2 rings (SSSR count). The van der Waals surface area contributed by atoms with Crippen molar-refractivity contribution >= 4 is 5.97 Å². The van der Waals surface area contributed by atoms with Gasteiger partial charge in [0.2, 0.25) is 0 Å². The third-order valence-corrected chi connectivity index (χ3v) is 4.12. The molecular weight excluding hydrogens is 228 g/mol. The van der Waals surface area contributed by atoms with Gasteiger partial charge >= 0.3 is 5.97 Å². The highest BCUT2D eigenvalue weighted by Gasteiger charge is 2.47. The number of carbonyl (C=O) groups is 1. The van der Waals surface area contributed by atoms with Gasteiger partial charge in [0.05, 0.1) is 12.5 Å². The summed E-state index contributed by atoms with van der Waals surface area (Å²) in [4.78, 5) is 11.6. The molecule has 98 valence electrons. The normalized spacial score (nSPS) is 25.8. The summed E-state index contributed by atoms with van der Waals surface area (Å²) in [7, 11) is 1.64. The summed E-state index contributed by atoms with van der Waals surface area (Å²) in [5.74, 6) is 0.200. The first-order chi connectivity index (χ1) is 8.52. The van der Waals surface area contributed by atoms with Crippen LogP contribution in [0.4, 0.5) is 0 Å². The van der Waals surface area contributed by atoms with E-state index in [9.17, 15) is 9.90 Å². The zero-order valence-corrected chi connectivity index (χ0v) is 11.2. The van der Waals surface area contributed by atoms with Gasteiger partial charge in [-0.3, -0.25) is 4.79 Å². The summed E-state index contributed by atoms with van der Waals surface area (Å²) in [6.45, 7) is 3.96. The number of aliphatic carboxylic acids is 1. The van der Waals surface area contributed by atoms with Crippen LogP contribution in [-0.2, 0) is 11.2 Å². The van der Waals surface area contributed by atoms with Gasteiger partial charge in [-0.1, -0.05) is 19.4 Å². The van der Waals surface area contributed by atoms with Gasteiger partial charge in [0.15, 0.2) is 0 Å². The molecule has 1 N–H and O–H groups in total. The minimum Gasteiger partial charge on any atom is -0.497 e. The standard InChI is InChI=1S/C15H20O3/c1-4-5-13-12-8-11(18-3)7-6-10(12)9-15(13,2)14(16)17/h6-8,13H,4-5,9H2,1-3H3,(H,16,17)/t13-,15-/m1/s1. The summed E-state index contributed by atoms with van der Waals surface area (Å²) >= 11 is 0. The van der Waals surface area contributed by atoms with Gasteiger partial charge in [-0.25, -0.2) is 0 Å². The van der Waals surface area contributed by atoms with Crippen molar-refractivity contribution in [1.82, 2.24) is 0 Å². The average Bonchev–Trinajstić information content (AvgIpc) is 2.63. The van der Waals surface area contributed by atoms with Crippen LogP contribution in [0, 0.1) is 5.41 Å². The summed E-state index contributed by atoms with van der Waals surface area (Å²) in [5.41, 5.74) is 1.63. The first-order valence-electron chi connectivity index (χ1n) is 6.43. The second-order valence-corrected chi connectivity index (χ2v) is 5.31. The van der Waals surface area contributed by atoms with E-state index in [-0.39, 0.29) is 5.92 Å². The van der Waals surface area contributed by atoms with Gasteiger partial charge in [0, 0.05) is 5.92 Å². The fourth-order valence-corrected chi connectivity index (χ4v) is 3.03. The molecule has 0 saturated carbocycles. The van der Waals surface area contributed by atoms with E-state index in [1.807, 2.05) is 25.1 Å². The van der Waals surface area contributed by atoms with E-state index in [4.69, 9.17) is 4.74 Å². The summed E-state index contributed by atoms with van der Waals surface area (Å²) in [6.07, 6.45) is 2.51. The molecule has 0 aliphatic heterocycles. The Morgan fingerprint density at radius 3 is 2.83 bits per heavy atom. The van der Waals surface area contributed by atoms with Crippen molar-refractivity contribution in [3.05, 3.63) is 29.3 Å². The van der Waals surface area contributed by atoms with E-state index in [1.54, 1.807) is 7.11 Å². The number of carboxylic acids is 1. The van der Waals surface area contributed by atoms with E-state index >= 15 is 0 Å². The van der Waals surface area contributed by atoms with Crippen LogP contribution in [0.15, 0.2) is 18.2 Å². The Kier molecular flexibility index (Phi) is 3.33. The predicted molar refractivity (Wildman–Crippen MR) is 70.1 cm³/mol. The molecule has 0 unspecified atom stereocenters. The number of hydrogen-bond acceptors (Lipinski definition) is 2. The molecule has 0 heterocycles. The fraction of sp³-hybridized carbons (Fsp3) is 0.533. The van der Waals surface area contributed by atoms with Crippen LogP contribution in [0.3, 0.4) is 0 Å². The van der Waals surface area contributed by atoms with Gasteiger partial charge < -0.3 is 9.84 Å². The Balaban J connectivity index is 2.47. The summed E-state index contributed by atoms with van der Waals surface area (Å²) in [5, 5.41) is 9.54. The van der Waals surface area contributed by atoms with Crippen molar-refractivity contribution in [2.45, 2.75) is 39.0 Å². The number of fused-ring (bicyclic) bond motifs is 1. The molecule has 1 aromatic rings. The van der Waals surface area contributed by atoms with Gasteiger partial charge in [-0.2, -0.15) is 0 Å². The largest absolute Gasteiger partial charge is 0.497 e. The molecule has 2 atom stereocenters. The second-order valence-electron chi connectivity index (χ2n) is 5.31. The van der Waals surface area contributed by atoms with Gasteiger partial charge in [0.1, 0.15) is 5.75 Å². The number of methoxy groups -OCH3 is 1. The minimum atomic E-state index is -0.698. The molecule has 0 amide bonds. The number of rotatable bonds is 4. The maximum Gasteiger partial charge on any atom is 0.310 e. The topological polar surface area (TPSA) is 46.5 Å². The smallest absolute Gasteiger partial charge is 0.310 e. The highest BCUT2D eigenvalue weighted by molar-refractivity contribution is 5.78. The minimum absolute atomic E-state index is 0.0881. The quantitative estimate of drug-likeness (QED) is 0.889. The van der Waals surface area contributed by atoms with Crippen molar-refractivity contribution < 1.29 is 14.6 Å². The van der Waals surface area contributed by atoms with Crippen LogP contribution in [-0.4, -0.2) is 18.2 Å². The van der Waals surface area contributed by atoms with Gasteiger partial charge in [0.25, 0.3) is 0 Å². The first-order valence-corrected chi connectivity index (χ1v) is 6.43. The molecule has 0 radical (unpaired) electrons. The molecule has 0 bridgehead atoms. The van der Waals surface area contributed by atoms with E-state index < -0.39 is 11.4 Å². The zero-order chi connectivity index (χ0) is 13.3. The molecule has 3 heteroatoms. The van der Waals surface area contributed by atoms with Crippen molar-refractivity contribution in [3.63, 3.8) is 0 Å². The lowest BCUT2D eigenvalue weighted by Gasteiger charge is -2.27. The molecular formula is C15H20O3. The SMILES string of the molecule is CCC[C@@H]1c2cc(OC)ccc2C[C@@]1(C)C(=O)O. The van der Waals surface area contributed by atoms with Crippen LogP contribution in [0.5, 0.6) is 5.75 Å². The third-order valence-electron chi connectivity index (χ3n) is 4.12. The molecule has 1 aliphatic rings. The summed E-state index contributed by atoms with van der Waals surface area (Å²) < 4.78 is 5.25. The Morgan fingerprint density at radius 1 is 1.56 bits per heavy atom. The van der Waals surface area contributed by atoms with Crippen molar-refractivity contribution in [2.75, 3.05) is 7.11 Å². The Bertz CT molecular complexity index is 467. The Labute approximate surface area is 108 Å². The maximum atomic E-state index is 11.6. The molecule has 3 nitrogen and oxygen atoms in total. The lowest BCUT2D eigenvalue weighted by Crippen LogP contribution is -2.32. The number of benzene rings is 1. The van der Waals surface area contributed by atoms with E-state index in [0.29, 0.717) is 6.42 Å². The first kappa shape index (κ1) is 12.9. The molecule has 1 aromatic carbocycles. The van der Waals surface area contributed by atoms with Gasteiger partial charge in [-0.15, -0.1) is 0 Å². The van der Waals surface area contributed by atoms with Crippen molar-refractivity contribution in [2.24, 2.45) is 5.41 Å². The average molecular weight is 248 g/mol. The number of ether oxygens (including phenoxy) is 1. The molecule has 18 heavy (non-hydrogen) atoms. The third kappa shape index (κ3) is 1.88. The van der Waals surface area contributed by atoms with Crippen LogP contribution in [0.1, 0.15) is 43.7 Å². The van der Waals surface area contributed by atoms with Crippen molar-refractivity contribution in [1.29, 1.82) is 0 Å². The monoisotopic (exact) mass is 248 g/mol. The molecule has 0 spiro atoms. The second kappa shape index (κ2) is 4.63. The highest BCUT2D eigenvalue weighted by atomic mass is 16.5. The highest BCUT2D eigenvalue weighted by Crippen LogP contribution is 2.50.